The van der Waals surface area contributed by atoms with Gasteiger partial charge in [0.25, 0.3) is 0 Å². The van der Waals surface area contributed by atoms with Crippen molar-refractivity contribution in [3.05, 3.63) is 127 Å². The zero-order chi connectivity index (χ0) is 22.7. The van der Waals surface area contributed by atoms with E-state index in [1.807, 2.05) is 66.9 Å². The van der Waals surface area contributed by atoms with Crippen LogP contribution in [0.15, 0.2) is 97.3 Å². The Morgan fingerprint density at radius 1 is 0.694 bits per heavy atom. The van der Waals surface area contributed by atoms with Crippen molar-refractivity contribution >= 4 is 21.7 Å². The van der Waals surface area contributed by atoms with Crippen LogP contribution in [0.2, 0.25) is 0 Å². The van der Waals surface area contributed by atoms with E-state index >= 15 is 0 Å². The van der Waals surface area contributed by atoms with Crippen molar-refractivity contribution in [1.29, 1.82) is 0 Å². The van der Waals surface area contributed by atoms with Crippen LogP contribution in [0.4, 0.5) is 0 Å². The number of fused-ring (bicyclic) bond motifs is 6. The molecule has 7 rings (SSSR count). The molecule has 0 spiro atoms. The minimum atomic E-state index is 0. The molecule has 0 saturated heterocycles. The fraction of sp³-hybridized carbons (Fsp3) is 0.0323. The number of hydrogen-bond donors (Lipinski definition) is 0. The fourth-order valence-electron chi connectivity index (χ4n) is 4.17. The predicted molar refractivity (Wildman–Crippen MR) is 134 cm³/mol. The molecule has 0 saturated carbocycles. The van der Waals surface area contributed by atoms with Gasteiger partial charge in [0.15, 0.2) is 0 Å². The third-order valence-electron chi connectivity index (χ3n) is 5.78. The Hall–Kier alpha value is -2.75. The maximum atomic E-state index is 5.90. The minimum absolute atomic E-state index is 0. The zero-order valence-corrected chi connectivity index (χ0v) is 24.4. The average Bonchev–Trinajstić information content (AvgIpc) is 2.93. The van der Waals surface area contributed by atoms with E-state index in [4.69, 9.17) is 4.74 Å². The van der Waals surface area contributed by atoms with Gasteiger partial charge in [-0.2, -0.15) is 12.1 Å². The van der Waals surface area contributed by atoms with Crippen LogP contribution < -0.4 is 4.74 Å². The van der Waals surface area contributed by atoms with Crippen molar-refractivity contribution in [2.24, 2.45) is 0 Å². The van der Waals surface area contributed by atoms with Crippen LogP contribution in [0.3, 0.4) is 0 Å². The third kappa shape index (κ3) is 5.19. The summed E-state index contributed by atoms with van der Waals surface area (Å²) in [6.07, 6.45) is 3.51. The summed E-state index contributed by atoms with van der Waals surface area (Å²) in [5, 5.41) is 3.46. The Balaban J connectivity index is 0.000000169. The molecule has 0 aliphatic carbocycles. The Morgan fingerprint density at radius 3 is 2.39 bits per heavy atom. The SMILES string of the molecule is [Ir].[Y].[c-]1cccc2ccc3cccnc3c12.[c-]1ccccc1-c1[c-]cnc2c1OCc1ccc[c-]c1-2. The van der Waals surface area contributed by atoms with E-state index in [9.17, 15) is 0 Å². The van der Waals surface area contributed by atoms with Gasteiger partial charge in [0.2, 0.25) is 0 Å². The van der Waals surface area contributed by atoms with E-state index in [1.165, 1.54) is 10.8 Å². The Kier molecular flexibility index (Phi) is 8.77. The maximum Gasteiger partial charge on any atom is 0.0614 e. The monoisotopic (exact) mass is 716 g/mol. The number of nitrogens with zero attached hydrogens (tertiary/aromatic N) is 2. The minimum Gasteiger partial charge on any atom is -0.572 e. The quantitative estimate of drug-likeness (QED) is 0.138. The molecule has 2 aromatic heterocycles. The summed E-state index contributed by atoms with van der Waals surface area (Å²) in [5.41, 5.74) is 5.86. The molecule has 0 atom stereocenters. The van der Waals surface area contributed by atoms with Gasteiger partial charge in [-0.15, -0.1) is 70.9 Å². The third-order valence-corrected chi connectivity index (χ3v) is 5.78. The molecule has 0 bridgehead atoms. The second-order valence-corrected chi connectivity index (χ2v) is 7.87. The van der Waals surface area contributed by atoms with Crippen LogP contribution >= 0.6 is 0 Å². The molecule has 1 aliphatic heterocycles. The maximum absolute atomic E-state index is 5.90. The molecule has 5 heteroatoms. The second-order valence-electron chi connectivity index (χ2n) is 7.87. The normalized spacial score (nSPS) is 11.0. The van der Waals surface area contributed by atoms with Crippen molar-refractivity contribution in [3.8, 4) is 28.1 Å². The topological polar surface area (TPSA) is 35.0 Å². The largest absolute Gasteiger partial charge is 0.572 e. The summed E-state index contributed by atoms with van der Waals surface area (Å²) < 4.78 is 5.90. The van der Waals surface area contributed by atoms with E-state index in [1.54, 1.807) is 6.20 Å². The van der Waals surface area contributed by atoms with E-state index in [0.29, 0.717) is 6.61 Å². The number of rotatable bonds is 1. The summed E-state index contributed by atoms with van der Waals surface area (Å²) in [7, 11) is 0. The van der Waals surface area contributed by atoms with Crippen molar-refractivity contribution in [2.45, 2.75) is 6.61 Å². The number of benzene rings is 4. The molecule has 3 nitrogen and oxygen atoms in total. The molecule has 0 unspecified atom stereocenters. The van der Waals surface area contributed by atoms with Crippen molar-refractivity contribution < 1.29 is 57.6 Å². The first-order valence-corrected chi connectivity index (χ1v) is 11.0. The van der Waals surface area contributed by atoms with E-state index in [2.05, 4.69) is 58.5 Å². The van der Waals surface area contributed by atoms with Crippen LogP contribution in [0.5, 0.6) is 5.75 Å². The first kappa shape index (κ1) is 26.3. The predicted octanol–water partition coefficient (Wildman–Crippen LogP) is 6.89. The van der Waals surface area contributed by atoms with Crippen molar-refractivity contribution in [3.63, 3.8) is 0 Å². The smallest absolute Gasteiger partial charge is 0.0614 e. The van der Waals surface area contributed by atoms with Crippen LogP contribution in [0, 0.1) is 24.3 Å². The first-order chi connectivity index (χ1) is 16.9. The van der Waals surface area contributed by atoms with E-state index < -0.39 is 0 Å². The average molecular weight is 716 g/mol. The van der Waals surface area contributed by atoms with Gasteiger partial charge in [-0.1, -0.05) is 30.0 Å². The van der Waals surface area contributed by atoms with Crippen molar-refractivity contribution in [1.82, 2.24) is 9.97 Å². The molecular formula is C31H18IrN2OY-4. The molecule has 4 aromatic carbocycles. The van der Waals surface area contributed by atoms with Gasteiger partial charge in [-0.25, -0.2) is 23.8 Å². The second kappa shape index (κ2) is 12.0. The molecule has 0 fully saturated rings. The molecular weight excluding hydrogens is 697 g/mol. The van der Waals surface area contributed by atoms with Crippen LogP contribution in [-0.4, -0.2) is 9.97 Å². The summed E-state index contributed by atoms with van der Waals surface area (Å²) in [6.45, 7) is 0.541. The van der Waals surface area contributed by atoms with Crippen LogP contribution in [0.25, 0.3) is 44.1 Å². The van der Waals surface area contributed by atoms with Crippen molar-refractivity contribution in [2.75, 3.05) is 0 Å². The van der Waals surface area contributed by atoms with E-state index in [-0.39, 0.29) is 52.8 Å². The molecule has 1 aliphatic rings. The molecule has 2 radical (unpaired) electrons. The summed E-state index contributed by atoms with van der Waals surface area (Å²) in [4.78, 5) is 8.80. The van der Waals surface area contributed by atoms with Gasteiger partial charge in [0, 0.05) is 59.0 Å². The van der Waals surface area contributed by atoms with Crippen LogP contribution in [-0.2, 0) is 59.4 Å². The summed E-state index contributed by atoms with van der Waals surface area (Å²) in [5.74, 6) is 0.768. The summed E-state index contributed by atoms with van der Waals surface area (Å²) >= 11 is 0. The zero-order valence-electron chi connectivity index (χ0n) is 19.2. The first-order valence-electron chi connectivity index (χ1n) is 11.0. The number of pyridine rings is 2. The number of aromatic nitrogens is 2. The van der Waals surface area contributed by atoms with E-state index in [0.717, 1.165) is 44.6 Å². The van der Waals surface area contributed by atoms with Gasteiger partial charge >= 0.3 is 0 Å². The molecule has 0 amide bonds. The molecule has 36 heavy (non-hydrogen) atoms. The fourth-order valence-corrected chi connectivity index (χ4v) is 4.17. The van der Waals surface area contributed by atoms with Gasteiger partial charge in [-0.3, -0.25) is 5.56 Å². The van der Waals surface area contributed by atoms with Gasteiger partial charge in [0.05, 0.1) is 6.61 Å². The molecule has 174 valence electrons. The van der Waals surface area contributed by atoms with Gasteiger partial charge in [-0.05, 0) is 28.4 Å². The van der Waals surface area contributed by atoms with Gasteiger partial charge in [0.1, 0.15) is 0 Å². The Labute approximate surface area is 249 Å². The standard InChI is InChI=1S/C18H10NO.C13H8N.Ir.Y/c1-2-6-13(7-3-1)16-10-11-19-17-15-9-5-4-8-14(15)12-20-18(16)17;1-2-6-12-10(4-1)7-8-11-5-3-9-14-13(11)12;;/h1-6,8,11H,12H2;1-5,7-9H;;/q-3;-1;;. The Morgan fingerprint density at radius 2 is 1.50 bits per heavy atom. The Bertz CT molecular complexity index is 1550. The summed E-state index contributed by atoms with van der Waals surface area (Å²) in [6, 6.07) is 40.8. The van der Waals surface area contributed by atoms with Gasteiger partial charge < -0.3 is 14.7 Å². The number of ether oxygens (including phenoxy) is 1. The molecule has 6 aromatic rings. The number of hydrogen-bond acceptors (Lipinski definition) is 3. The molecule has 3 heterocycles. The van der Waals surface area contributed by atoms with Crippen LogP contribution in [0.1, 0.15) is 5.56 Å². The molecule has 0 N–H and O–H groups in total.